The quantitative estimate of drug-likeness (QED) is 0.474. The van der Waals surface area contributed by atoms with Gasteiger partial charge in [0.1, 0.15) is 11.6 Å². The van der Waals surface area contributed by atoms with Gasteiger partial charge in [-0.05, 0) is 18.6 Å². The highest BCUT2D eigenvalue weighted by Crippen LogP contribution is 2.22. The zero-order valence-corrected chi connectivity index (χ0v) is 11.0. The third-order valence-corrected chi connectivity index (χ3v) is 2.64. The Morgan fingerprint density at radius 3 is 2.70 bits per heavy atom. The summed E-state index contributed by atoms with van der Waals surface area (Å²) < 4.78 is 0. The molecule has 0 aliphatic rings. The van der Waals surface area contributed by atoms with E-state index in [1.54, 1.807) is 0 Å². The number of amides is 1. The van der Waals surface area contributed by atoms with Crippen molar-refractivity contribution < 1.29 is 19.6 Å². The van der Waals surface area contributed by atoms with Crippen molar-refractivity contribution in [3.05, 3.63) is 51.6 Å². The van der Waals surface area contributed by atoms with Gasteiger partial charge in [-0.2, -0.15) is 0 Å². The molecular formula is C12H11ClN2O5. The summed E-state index contributed by atoms with van der Waals surface area (Å²) in [7, 11) is 0. The molecule has 0 spiro atoms. The molecule has 0 bridgehead atoms. The number of carbonyl (C=O) groups excluding carboxylic acids is 1. The van der Waals surface area contributed by atoms with E-state index < -0.39 is 28.5 Å². The van der Waals surface area contributed by atoms with Gasteiger partial charge in [0.15, 0.2) is 0 Å². The summed E-state index contributed by atoms with van der Waals surface area (Å²) in [6.07, 6.45) is 1.32. The molecule has 0 saturated heterocycles. The van der Waals surface area contributed by atoms with E-state index in [1.807, 2.05) is 0 Å². The number of carboxylic acids is 1. The van der Waals surface area contributed by atoms with Crippen LogP contribution in [0.5, 0.6) is 0 Å². The number of benzene rings is 1. The molecule has 0 heterocycles. The molecule has 20 heavy (non-hydrogen) atoms. The molecule has 0 saturated carbocycles. The first-order valence-corrected chi connectivity index (χ1v) is 5.83. The standard InChI is InChI=1S/C12H11ClN2O5/c1-2-3-9(12(17)18)14-11(16)8-6-7(13)4-5-10(8)15(19)20/h2,4-6,9H,1,3H2,(H,14,16)(H,17,18). The Bertz CT molecular complexity index is 573. The lowest BCUT2D eigenvalue weighted by molar-refractivity contribution is -0.385. The zero-order chi connectivity index (χ0) is 15.3. The number of nitrogens with zero attached hydrogens (tertiary/aromatic N) is 1. The number of hydrogen-bond donors (Lipinski definition) is 2. The smallest absolute Gasteiger partial charge is 0.326 e. The van der Waals surface area contributed by atoms with Gasteiger partial charge in [-0.25, -0.2) is 4.79 Å². The minimum absolute atomic E-state index is 0.00453. The van der Waals surface area contributed by atoms with E-state index in [0.717, 1.165) is 12.1 Å². The van der Waals surface area contributed by atoms with Crippen molar-refractivity contribution in [1.82, 2.24) is 5.32 Å². The summed E-state index contributed by atoms with van der Waals surface area (Å²) in [5.74, 6) is -2.14. The molecule has 1 amide bonds. The lowest BCUT2D eigenvalue weighted by Crippen LogP contribution is -2.40. The van der Waals surface area contributed by atoms with E-state index in [1.165, 1.54) is 12.1 Å². The van der Waals surface area contributed by atoms with E-state index >= 15 is 0 Å². The third kappa shape index (κ3) is 3.79. The van der Waals surface area contributed by atoms with Crippen LogP contribution in [0.15, 0.2) is 30.9 Å². The molecule has 2 N–H and O–H groups in total. The number of rotatable bonds is 6. The van der Waals surface area contributed by atoms with Crippen LogP contribution in [0, 0.1) is 10.1 Å². The largest absolute Gasteiger partial charge is 0.480 e. The first-order valence-electron chi connectivity index (χ1n) is 5.45. The van der Waals surface area contributed by atoms with Crippen LogP contribution in [0.3, 0.4) is 0 Å². The van der Waals surface area contributed by atoms with Crippen LogP contribution in [-0.2, 0) is 4.79 Å². The highest BCUT2D eigenvalue weighted by atomic mass is 35.5. The van der Waals surface area contributed by atoms with Gasteiger partial charge in [0.2, 0.25) is 0 Å². The average Bonchev–Trinajstić information content (AvgIpc) is 2.37. The lowest BCUT2D eigenvalue weighted by Gasteiger charge is -2.12. The minimum Gasteiger partial charge on any atom is -0.480 e. The first kappa shape index (κ1) is 15.6. The van der Waals surface area contributed by atoms with Gasteiger partial charge in [-0.3, -0.25) is 14.9 Å². The average molecular weight is 299 g/mol. The molecule has 0 fully saturated rings. The van der Waals surface area contributed by atoms with Crippen molar-refractivity contribution in [1.29, 1.82) is 0 Å². The fourth-order valence-electron chi connectivity index (χ4n) is 1.47. The Kier molecular flexibility index (Phi) is 5.22. The fourth-order valence-corrected chi connectivity index (χ4v) is 1.65. The van der Waals surface area contributed by atoms with E-state index in [9.17, 15) is 19.7 Å². The number of halogens is 1. The number of carboxylic acid groups (broad SMARTS) is 1. The number of nitrogens with one attached hydrogen (secondary N) is 1. The van der Waals surface area contributed by atoms with Crippen LogP contribution in [-0.4, -0.2) is 27.9 Å². The van der Waals surface area contributed by atoms with Crippen LogP contribution >= 0.6 is 11.6 Å². The number of aliphatic carboxylic acids is 1. The summed E-state index contributed by atoms with van der Waals surface area (Å²) >= 11 is 5.69. The Labute approximate surface area is 119 Å². The van der Waals surface area contributed by atoms with Gasteiger partial charge < -0.3 is 10.4 Å². The summed E-state index contributed by atoms with van der Waals surface area (Å²) in [4.78, 5) is 33.0. The third-order valence-electron chi connectivity index (χ3n) is 2.41. The molecule has 1 unspecified atom stereocenters. The first-order chi connectivity index (χ1) is 9.36. The molecule has 7 nitrogen and oxygen atoms in total. The van der Waals surface area contributed by atoms with E-state index in [4.69, 9.17) is 16.7 Å². The van der Waals surface area contributed by atoms with Gasteiger partial charge in [0.05, 0.1) is 4.92 Å². The maximum absolute atomic E-state index is 11.9. The molecule has 0 radical (unpaired) electrons. The molecule has 0 aromatic heterocycles. The number of nitro benzene ring substituents is 1. The highest BCUT2D eigenvalue weighted by Gasteiger charge is 2.25. The normalized spacial score (nSPS) is 11.4. The maximum Gasteiger partial charge on any atom is 0.326 e. The number of carbonyl (C=O) groups is 2. The number of hydrogen-bond acceptors (Lipinski definition) is 4. The topological polar surface area (TPSA) is 110 Å². The van der Waals surface area contributed by atoms with Crippen LogP contribution in [0.2, 0.25) is 5.02 Å². The minimum atomic E-state index is -1.26. The Morgan fingerprint density at radius 2 is 2.20 bits per heavy atom. The van der Waals surface area contributed by atoms with Crippen molar-refractivity contribution in [3.63, 3.8) is 0 Å². The predicted octanol–water partition coefficient (Wildman–Crippen LogP) is 2.01. The van der Waals surface area contributed by atoms with Gasteiger partial charge >= 0.3 is 5.97 Å². The molecule has 1 rings (SSSR count). The van der Waals surface area contributed by atoms with Crippen molar-refractivity contribution in [2.45, 2.75) is 12.5 Å². The van der Waals surface area contributed by atoms with Crippen LogP contribution in [0.1, 0.15) is 16.8 Å². The molecule has 0 aliphatic carbocycles. The molecule has 1 aromatic carbocycles. The summed E-state index contributed by atoms with van der Waals surface area (Å²) in [6.45, 7) is 3.38. The van der Waals surface area contributed by atoms with Crippen LogP contribution in [0.25, 0.3) is 0 Å². The lowest BCUT2D eigenvalue weighted by atomic mass is 10.1. The molecule has 106 valence electrons. The molecule has 0 aliphatic heterocycles. The summed E-state index contributed by atoms with van der Waals surface area (Å²) in [6, 6.07) is 2.26. The van der Waals surface area contributed by atoms with E-state index in [-0.39, 0.29) is 17.0 Å². The molecular weight excluding hydrogens is 288 g/mol. The van der Waals surface area contributed by atoms with Crippen molar-refractivity contribution in [3.8, 4) is 0 Å². The van der Waals surface area contributed by atoms with Gasteiger partial charge in [0, 0.05) is 11.1 Å². The molecule has 8 heteroatoms. The molecule has 1 aromatic rings. The Morgan fingerprint density at radius 1 is 1.55 bits per heavy atom. The number of nitro groups is 1. The van der Waals surface area contributed by atoms with E-state index in [2.05, 4.69) is 11.9 Å². The second kappa shape index (κ2) is 6.67. The van der Waals surface area contributed by atoms with Gasteiger partial charge in [-0.15, -0.1) is 6.58 Å². The zero-order valence-electron chi connectivity index (χ0n) is 10.2. The summed E-state index contributed by atoms with van der Waals surface area (Å²) in [5, 5.41) is 22.1. The predicted molar refractivity (Wildman–Crippen MR) is 71.8 cm³/mol. The Balaban J connectivity index is 3.07. The second-order valence-electron chi connectivity index (χ2n) is 3.81. The van der Waals surface area contributed by atoms with Gasteiger partial charge in [0.25, 0.3) is 11.6 Å². The SMILES string of the molecule is C=CCC(NC(=O)c1cc(Cl)ccc1[N+](=O)[O-])C(=O)O. The fraction of sp³-hybridized carbons (Fsp3) is 0.167. The van der Waals surface area contributed by atoms with Crippen LogP contribution in [0.4, 0.5) is 5.69 Å². The molecule has 1 atom stereocenters. The highest BCUT2D eigenvalue weighted by molar-refractivity contribution is 6.31. The van der Waals surface area contributed by atoms with Crippen molar-refractivity contribution in [2.75, 3.05) is 0 Å². The Hall–Kier alpha value is -2.41. The monoisotopic (exact) mass is 298 g/mol. The second-order valence-corrected chi connectivity index (χ2v) is 4.24. The summed E-state index contributed by atoms with van der Waals surface area (Å²) in [5.41, 5.74) is -0.743. The maximum atomic E-state index is 11.9. The van der Waals surface area contributed by atoms with E-state index in [0.29, 0.717) is 0 Å². The van der Waals surface area contributed by atoms with Crippen molar-refractivity contribution in [2.24, 2.45) is 0 Å². The van der Waals surface area contributed by atoms with Crippen molar-refractivity contribution >= 4 is 29.2 Å². The van der Waals surface area contributed by atoms with Gasteiger partial charge in [-0.1, -0.05) is 17.7 Å². The van der Waals surface area contributed by atoms with Crippen LogP contribution < -0.4 is 5.32 Å².